The van der Waals surface area contributed by atoms with Crippen molar-refractivity contribution in [3.63, 3.8) is 0 Å². The summed E-state index contributed by atoms with van der Waals surface area (Å²) in [5.41, 5.74) is 0.911. The molecular weight excluding hydrogens is 320 g/mol. The number of aliphatic hydroxyl groups is 3. The molecular formula is C20H30O5. The maximum absolute atomic E-state index is 11.8. The van der Waals surface area contributed by atoms with E-state index < -0.39 is 23.6 Å². The molecule has 6 atom stereocenters. The molecule has 5 nitrogen and oxygen atoms in total. The van der Waals surface area contributed by atoms with Gasteiger partial charge < -0.3 is 20.1 Å². The summed E-state index contributed by atoms with van der Waals surface area (Å²) in [5.74, 6) is -0.0734. The molecule has 25 heavy (non-hydrogen) atoms. The third-order valence-corrected chi connectivity index (χ3v) is 7.23. The van der Waals surface area contributed by atoms with Gasteiger partial charge in [-0.25, -0.2) is 4.79 Å². The average molecular weight is 350 g/mol. The quantitative estimate of drug-likeness (QED) is 0.411. The van der Waals surface area contributed by atoms with Gasteiger partial charge in [0, 0.05) is 5.41 Å². The lowest BCUT2D eigenvalue weighted by molar-refractivity contribution is -0.151. The molecule has 1 saturated heterocycles. The summed E-state index contributed by atoms with van der Waals surface area (Å²) in [6, 6.07) is 0. The number of carbonyl (C=O) groups excluding carboxylic acids is 1. The lowest BCUT2D eigenvalue weighted by Crippen LogP contribution is -2.57. The molecule has 2 saturated carbocycles. The third-order valence-electron chi connectivity index (χ3n) is 7.23. The van der Waals surface area contributed by atoms with E-state index in [4.69, 9.17) is 4.74 Å². The molecule has 0 radical (unpaired) electrons. The monoisotopic (exact) mass is 350 g/mol. The largest absolute Gasteiger partial charge is 0.459 e. The molecule has 0 aromatic carbocycles. The Morgan fingerprint density at radius 2 is 2.04 bits per heavy atom. The number of rotatable bonds is 3. The molecule has 2 aliphatic carbocycles. The summed E-state index contributed by atoms with van der Waals surface area (Å²) >= 11 is 0. The highest BCUT2D eigenvalue weighted by Crippen LogP contribution is 2.61. The summed E-state index contributed by atoms with van der Waals surface area (Å²) in [6.07, 6.45) is 4.42. The fourth-order valence-electron chi connectivity index (χ4n) is 5.56. The maximum Gasteiger partial charge on any atom is 0.336 e. The number of hydrogen-bond acceptors (Lipinski definition) is 5. The minimum Gasteiger partial charge on any atom is -0.459 e. The molecule has 0 bridgehead atoms. The van der Waals surface area contributed by atoms with E-state index in [1.54, 1.807) is 0 Å². The number of aliphatic hydroxyl groups excluding tert-OH is 3. The van der Waals surface area contributed by atoms with Crippen LogP contribution in [0.15, 0.2) is 23.8 Å². The number of carbonyl (C=O) groups is 1. The van der Waals surface area contributed by atoms with Crippen LogP contribution in [0.1, 0.15) is 46.0 Å². The molecule has 1 aliphatic heterocycles. The van der Waals surface area contributed by atoms with E-state index in [0.717, 1.165) is 24.8 Å². The Morgan fingerprint density at radius 1 is 1.32 bits per heavy atom. The zero-order chi connectivity index (χ0) is 18.4. The van der Waals surface area contributed by atoms with E-state index in [9.17, 15) is 20.1 Å². The van der Waals surface area contributed by atoms with Gasteiger partial charge in [0.1, 0.15) is 12.7 Å². The summed E-state index contributed by atoms with van der Waals surface area (Å²) < 4.78 is 4.90. The van der Waals surface area contributed by atoms with E-state index in [-0.39, 0.29) is 30.5 Å². The van der Waals surface area contributed by atoms with Gasteiger partial charge in [0.05, 0.1) is 18.3 Å². The molecule has 3 N–H and O–H groups in total. The van der Waals surface area contributed by atoms with Gasteiger partial charge in [0.2, 0.25) is 0 Å². The van der Waals surface area contributed by atoms with Crippen LogP contribution in [0.3, 0.4) is 0 Å². The zero-order valence-corrected chi connectivity index (χ0v) is 15.2. The highest BCUT2D eigenvalue weighted by molar-refractivity contribution is 5.91. The Labute approximate surface area is 149 Å². The van der Waals surface area contributed by atoms with Crippen LogP contribution in [0.2, 0.25) is 0 Å². The van der Waals surface area contributed by atoms with Crippen LogP contribution >= 0.6 is 0 Å². The highest BCUT2D eigenvalue weighted by atomic mass is 16.6. The highest BCUT2D eigenvalue weighted by Gasteiger charge is 2.57. The molecule has 0 aromatic rings. The minimum absolute atomic E-state index is 0.0280. The smallest absolute Gasteiger partial charge is 0.336 e. The molecule has 3 fully saturated rings. The van der Waals surface area contributed by atoms with E-state index >= 15 is 0 Å². The molecule has 1 heterocycles. The molecule has 0 amide bonds. The van der Waals surface area contributed by atoms with Crippen LogP contribution < -0.4 is 0 Å². The Balaban J connectivity index is 1.89. The van der Waals surface area contributed by atoms with Gasteiger partial charge in [0.15, 0.2) is 0 Å². The standard InChI is InChI=1S/C20H30O5/c1-12-4-7-16-19(2,9-8-17(23)20(16,3)11-21)14(12)6-5-13-15(22)10-25-18(13)24/h5,14-17,21-23H,1,4,6-11H2,2-3H3/b13-5-/t14-,15+,16+,17-,19+,20-/m0/s1. The van der Waals surface area contributed by atoms with E-state index in [1.807, 2.05) is 13.0 Å². The van der Waals surface area contributed by atoms with E-state index in [2.05, 4.69) is 13.5 Å². The van der Waals surface area contributed by atoms with Crippen molar-refractivity contribution in [3.05, 3.63) is 23.8 Å². The number of allylic oxidation sites excluding steroid dienone is 2. The Bertz CT molecular complexity index is 597. The Kier molecular flexibility index (Phi) is 4.86. The number of esters is 1. The molecule has 5 heteroatoms. The third kappa shape index (κ3) is 2.86. The Hall–Kier alpha value is -1.17. The lowest BCUT2D eigenvalue weighted by atomic mass is 9.46. The van der Waals surface area contributed by atoms with Crippen LogP contribution in [-0.4, -0.2) is 46.7 Å². The van der Waals surface area contributed by atoms with Gasteiger partial charge >= 0.3 is 5.97 Å². The molecule has 0 unspecified atom stereocenters. The first-order chi connectivity index (χ1) is 11.7. The van der Waals surface area contributed by atoms with Crippen LogP contribution in [-0.2, 0) is 9.53 Å². The minimum atomic E-state index is -0.844. The fourth-order valence-corrected chi connectivity index (χ4v) is 5.56. The van der Waals surface area contributed by atoms with Gasteiger partial charge in [-0.2, -0.15) is 0 Å². The van der Waals surface area contributed by atoms with Crippen molar-refractivity contribution in [3.8, 4) is 0 Å². The van der Waals surface area contributed by atoms with Crippen molar-refractivity contribution in [1.82, 2.24) is 0 Å². The number of hydrogen-bond donors (Lipinski definition) is 3. The first-order valence-electron chi connectivity index (χ1n) is 9.26. The van der Waals surface area contributed by atoms with Crippen LogP contribution in [0.5, 0.6) is 0 Å². The van der Waals surface area contributed by atoms with Crippen LogP contribution in [0.4, 0.5) is 0 Å². The van der Waals surface area contributed by atoms with Crippen LogP contribution in [0, 0.1) is 22.7 Å². The predicted octanol–water partition coefficient (Wildman–Crippen LogP) is 1.96. The molecule has 3 aliphatic rings. The van der Waals surface area contributed by atoms with Gasteiger partial charge in [-0.1, -0.05) is 32.1 Å². The normalized spacial score (nSPS) is 46.2. The number of fused-ring (bicyclic) bond motifs is 1. The van der Waals surface area contributed by atoms with Crippen molar-refractivity contribution in [1.29, 1.82) is 0 Å². The maximum atomic E-state index is 11.8. The van der Waals surface area contributed by atoms with Crippen LogP contribution in [0.25, 0.3) is 0 Å². The van der Waals surface area contributed by atoms with E-state index in [1.165, 1.54) is 0 Å². The summed E-state index contributed by atoms with van der Waals surface area (Å²) in [5, 5.41) is 30.4. The molecule has 0 spiro atoms. The van der Waals surface area contributed by atoms with Crippen molar-refractivity contribution in [2.75, 3.05) is 13.2 Å². The summed E-state index contributed by atoms with van der Waals surface area (Å²) in [7, 11) is 0. The second kappa shape index (κ2) is 6.53. The second-order valence-corrected chi connectivity index (χ2v) is 8.54. The summed E-state index contributed by atoms with van der Waals surface area (Å²) in [4.78, 5) is 11.8. The van der Waals surface area contributed by atoms with Gasteiger partial charge in [-0.3, -0.25) is 0 Å². The van der Waals surface area contributed by atoms with Crippen molar-refractivity contribution < 1.29 is 24.9 Å². The SMILES string of the molecule is C=C1CC[C@H]2[C@](C)(CO)[C@@H](O)CC[C@]2(C)[C@H]1C/C=C1\C(=O)OC[C@H]1O. The average Bonchev–Trinajstić information content (AvgIpc) is 2.89. The Morgan fingerprint density at radius 3 is 2.64 bits per heavy atom. The van der Waals surface area contributed by atoms with Gasteiger partial charge in [-0.15, -0.1) is 0 Å². The number of ether oxygens (including phenoxy) is 1. The molecule has 3 rings (SSSR count). The lowest BCUT2D eigenvalue weighted by Gasteiger charge is -2.59. The second-order valence-electron chi connectivity index (χ2n) is 8.54. The number of cyclic esters (lactones) is 1. The predicted molar refractivity (Wildman–Crippen MR) is 93.6 cm³/mol. The van der Waals surface area contributed by atoms with E-state index in [0.29, 0.717) is 18.4 Å². The van der Waals surface area contributed by atoms with Crippen molar-refractivity contribution >= 4 is 5.97 Å². The molecule has 0 aromatic heterocycles. The van der Waals surface area contributed by atoms with Gasteiger partial charge in [-0.05, 0) is 49.4 Å². The van der Waals surface area contributed by atoms with Crippen molar-refractivity contribution in [2.45, 2.75) is 58.2 Å². The fraction of sp³-hybridized carbons (Fsp3) is 0.750. The molecule has 140 valence electrons. The summed E-state index contributed by atoms with van der Waals surface area (Å²) in [6.45, 7) is 8.50. The van der Waals surface area contributed by atoms with Crippen molar-refractivity contribution in [2.24, 2.45) is 22.7 Å². The first-order valence-corrected chi connectivity index (χ1v) is 9.26. The first kappa shape index (κ1) is 18.6. The van der Waals surface area contributed by atoms with Gasteiger partial charge in [0.25, 0.3) is 0 Å². The topological polar surface area (TPSA) is 87.0 Å². The zero-order valence-electron chi connectivity index (χ0n) is 15.2.